The number of benzene rings is 1. The number of allylic oxidation sites excluding steroid dienone is 2. The van der Waals surface area contributed by atoms with E-state index in [2.05, 4.69) is 22.7 Å². The minimum absolute atomic E-state index is 0.131. The van der Waals surface area contributed by atoms with Gasteiger partial charge in [0.25, 0.3) is 5.91 Å². The largest absolute Gasteiger partial charge is 0.271 e. The minimum Gasteiger partial charge on any atom is -0.267 e. The Morgan fingerprint density at radius 3 is 2.84 bits per heavy atom. The summed E-state index contributed by atoms with van der Waals surface area (Å²) < 4.78 is 0. The van der Waals surface area contributed by atoms with Crippen molar-refractivity contribution in [3.05, 3.63) is 47.5 Å². The van der Waals surface area contributed by atoms with Crippen molar-refractivity contribution < 1.29 is 4.79 Å². The fourth-order valence-corrected chi connectivity index (χ4v) is 3.07. The summed E-state index contributed by atoms with van der Waals surface area (Å²) in [7, 11) is 0. The van der Waals surface area contributed by atoms with Gasteiger partial charge in [-0.3, -0.25) is 4.79 Å². The molecule has 0 heterocycles. The molecule has 1 saturated carbocycles. The van der Waals surface area contributed by atoms with Crippen molar-refractivity contribution in [1.29, 1.82) is 0 Å². The Morgan fingerprint density at radius 2 is 2.16 bits per heavy atom. The molecule has 0 spiro atoms. The van der Waals surface area contributed by atoms with Crippen molar-refractivity contribution in [3.63, 3.8) is 0 Å². The highest BCUT2D eigenvalue weighted by molar-refractivity contribution is 5.95. The lowest BCUT2D eigenvalue weighted by molar-refractivity contribution is 0.0954. The van der Waals surface area contributed by atoms with Crippen molar-refractivity contribution in [1.82, 2.24) is 5.43 Å². The molecule has 1 amide bonds. The maximum Gasteiger partial charge on any atom is 0.271 e. The molecular formula is C16H18N2O. The van der Waals surface area contributed by atoms with Gasteiger partial charge < -0.3 is 0 Å². The van der Waals surface area contributed by atoms with Gasteiger partial charge in [0.2, 0.25) is 0 Å². The Hall–Kier alpha value is -1.90. The molecule has 1 aromatic rings. The van der Waals surface area contributed by atoms with Gasteiger partial charge >= 0.3 is 0 Å². The molecule has 3 heteroatoms. The lowest BCUT2D eigenvalue weighted by Crippen LogP contribution is -2.20. The van der Waals surface area contributed by atoms with Crippen LogP contribution in [0.25, 0.3) is 0 Å². The first-order valence-electron chi connectivity index (χ1n) is 6.81. The highest BCUT2D eigenvalue weighted by Crippen LogP contribution is 2.42. The molecule has 3 unspecified atom stereocenters. The highest BCUT2D eigenvalue weighted by atomic mass is 16.2. The van der Waals surface area contributed by atoms with Crippen molar-refractivity contribution in [2.45, 2.75) is 19.8 Å². The fourth-order valence-electron chi connectivity index (χ4n) is 3.07. The van der Waals surface area contributed by atoms with Crippen molar-refractivity contribution in [3.8, 4) is 0 Å². The first-order chi connectivity index (χ1) is 9.24. The second-order valence-corrected chi connectivity index (χ2v) is 5.48. The Bertz CT molecular complexity index is 547. The molecule has 1 N–H and O–H groups in total. The van der Waals surface area contributed by atoms with Crippen LogP contribution in [0.5, 0.6) is 0 Å². The zero-order valence-electron chi connectivity index (χ0n) is 11.0. The molecule has 0 radical (unpaired) electrons. The van der Waals surface area contributed by atoms with Crippen molar-refractivity contribution in [2.24, 2.45) is 22.9 Å². The standard InChI is InChI=1S/C16H18N2O/c1-11-4-2-3-5-15(11)16(19)18-17-10-14-9-12-6-7-13(14)8-12/h2-7,10,12-14H,8-9H2,1H3,(H,18,19)/b17-10+. The molecule has 0 aromatic heterocycles. The molecule has 19 heavy (non-hydrogen) atoms. The maximum absolute atomic E-state index is 12.0. The van der Waals surface area contributed by atoms with Crippen LogP contribution in [0.2, 0.25) is 0 Å². The van der Waals surface area contributed by atoms with E-state index in [0.717, 1.165) is 11.5 Å². The number of carbonyl (C=O) groups excluding carboxylic acids is 1. The molecule has 3 atom stereocenters. The van der Waals surface area contributed by atoms with Gasteiger partial charge in [-0.25, -0.2) is 5.43 Å². The van der Waals surface area contributed by atoms with Gasteiger partial charge in [-0.2, -0.15) is 5.10 Å². The third-order valence-electron chi connectivity index (χ3n) is 4.15. The average Bonchev–Trinajstić information content (AvgIpc) is 3.01. The van der Waals surface area contributed by atoms with Crippen LogP contribution in [0.15, 0.2) is 41.5 Å². The number of hydrogen-bond acceptors (Lipinski definition) is 2. The zero-order chi connectivity index (χ0) is 13.2. The second-order valence-electron chi connectivity index (χ2n) is 5.48. The van der Waals surface area contributed by atoms with E-state index in [-0.39, 0.29) is 5.91 Å². The molecule has 2 aliphatic carbocycles. The number of aryl methyl sites for hydroxylation is 1. The summed E-state index contributed by atoms with van der Waals surface area (Å²) in [6.07, 6.45) is 8.92. The number of nitrogens with one attached hydrogen (secondary N) is 1. The molecule has 1 fully saturated rings. The lowest BCUT2D eigenvalue weighted by atomic mass is 9.95. The van der Waals surface area contributed by atoms with Gasteiger partial charge in [0.1, 0.15) is 0 Å². The van der Waals surface area contributed by atoms with E-state index < -0.39 is 0 Å². The van der Waals surface area contributed by atoms with Crippen LogP contribution < -0.4 is 5.43 Å². The van der Waals surface area contributed by atoms with Crippen LogP contribution in [0.4, 0.5) is 0 Å². The van der Waals surface area contributed by atoms with Gasteiger partial charge in [0, 0.05) is 17.7 Å². The predicted octanol–water partition coefficient (Wildman–Crippen LogP) is 2.92. The second kappa shape index (κ2) is 5.00. The summed E-state index contributed by atoms with van der Waals surface area (Å²) in [5.41, 5.74) is 4.29. The number of rotatable bonds is 3. The molecule has 2 aliphatic rings. The third-order valence-corrected chi connectivity index (χ3v) is 4.15. The molecule has 0 aliphatic heterocycles. The highest BCUT2D eigenvalue weighted by Gasteiger charge is 2.34. The van der Waals surface area contributed by atoms with E-state index in [4.69, 9.17) is 0 Å². The Balaban J connectivity index is 1.59. The number of amides is 1. The zero-order valence-corrected chi connectivity index (χ0v) is 11.0. The van der Waals surface area contributed by atoms with Crippen LogP contribution >= 0.6 is 0 Å². The number of carbonyl (C=O) groups is 1. The van der Waals surface area contributed by atoms with E-state index >= 15 is 0 Å². The SMILES string of the molecule is Cc1ccccc1C(=O)N/N=C/C1CC2C=CC1C2. The molecule has 3 rings (SSSR count). The van der Waals surface area contributed by atoms with Gasteiger partial charge in [-0.1, -0.05) is 30.4 Å². The summed E-state index contributed by atoms with van der Waals surface area (Å²) >= 11 is 0. The van der Waals surface area contributed by atoms with Gasteiger partial charge in [-0.05, 0) is 43.2 Å². The monoisotopic (exact) mass is 254 g/mol. The smallest absolute Gasteiger partial charge is 0.267 e. The van der Waals surface area contributed by atoms with Crippen molar-refractivity contribution in [2.75, 3.05) is 0 Å². The Labute approximate surface area is 113 Å². The fraction of sp³-hybridized carbons (Fsp3) is 0.375. The summed E-state index contributed by atoms with van der Waals surface area (Å²) in [5, 5.41) is 4.13. The first-order valence-corrected chi connectivity index (χ1v) is 6.81. The number of hydrogen-bond donors (Lipinski definition) is 1. The topological polar surface area (TPSA) is 41.5 Å². The molecule has 0 saturated heterocycles. The number of hydrazone groups is 1. The van der Waals surface area contributed by atoms with E-state index in [1.54, 1.807) is 0 Å². The summed E-state index contributed by atoms with van der Waals surface area (Å²) in [5.74, 6) is 1.72. The normalized spacial score (nSPS) is 28.2. The van der Waals surface area contributed by atoms with Crippen LogP contribution in [0, 0.1) is 24.7 Å². The van der Waals surface area contributed by atoms with E-state index in [1.165, 1.54) is 12.8 Å². The molecule has 3 nitrogen and oxygen atoms in total. The maximum atomic E-state index is 12.0. The van der Waals surface area contributed by atoms with Crippen molar-refractivity contribution >= 4 is 12.1 Å². The summed E-state index contributed by atoms with van der Waals surface area (Å²) in [6, 6.07) is 7.54. The summed E-state index contributed by atoms with van der Waals surface area (Å²) in [6.45, 7) is 1.93. The predicted molar refractivity (Wildman–Crippen MR) is 76.0 cm³/mol. The van der Waals surface area contributed by atoms with Crippen LogP contribution in [0.3, 0.4) is 0 Å². The van der Waals surface area contributed by atoms with Gasteiger partial charge in [0.15, 0.2) is 0 Å². The van der Waals surface area contributed by atoms with E-state index in [0.29, 0.717) is 17.4 Å². The molecule has 98 valence electrons. The number of nitrogens with zero attached hydrogens (tertiary/aromatic N) is 1. The average molecular weight is 254 g/mol. The molecule has 1 aromatic carbocycles. The van der Waals surface area contributed by atoms with Crippen LogP contribution in [-0.4, -0.2) is 12.1 Å². The van der Waals surface area contributed by atoms with E-state index in [1.807, 2.05) is 37.4 Å². The Kier molecular flexibility index (Phi) is 3.20. The minimum atomic E-state index is -0.131. The third kappa shape index (κ3) is 2.46. The van der Waals surface area contributed by atoms with Gasteiger partial charge in [0.05, 0.1) is 0 Å². The molecule has 2 bridgehead atoms. The van der Waals surface area contributed by atoms with Crippen LogP contribution in [-0.2, 0) is 0 Å². The van der Waals surface area contributed by atoms with Gasteiger partial charge in [-0.15, -0.1) is 0 Å². The van der Waals surface area contributed by atoms with E-state index in [9.17, 15) is 4.79 Å². The Morgan fingerprint density at radius 1 is 1.32 bits per heavy atom. The quantitative estimate of drug-likeness (QED) is 0.503. The first kappa shape index (κ1) is 12.2. The summed E-state index contributed by atoms with van der Waals surface area (Å²) in [4.78, 5) is 12.0. The molecular weight excluding hydrogens is 236 g/mol. The van der Waals surface area contributed by atoms with Crippen LogP contribution in [0.1, 0.15) is 28.8 Å². The number of fused-ring (bicyclic) bond motifs is 2. The lowest BCUT2D eigenvalue weighted by Gasteiger charge is -2.12.